The van der Waals surface area contributed by atoms with Crippen molar-refractivity contribution in [1.82, 2.24) is 9.29 Å². The van der Waals surface area contributed by atoms with Crippen molar-refractivity contribution < 1.29 is 30.4 Å². The minimum absolute atomic E-state index is 0.0233. The molecule has 0 aliphatic rings. The molecule has 0 unspecified atom stereocenters. The Morgan fingerprint density at radius 3 is 2.14 bits per heavy atom. The third kappa shape index (κ3) is 5.72. The number of carbonyl (C=O) groups excluding carboxylic acids is 1. The summed E-state index contributed by atoms with van der Waals surface area (Å²) in [7, 11) is -5.48. The van der Waals surface area contributed by atoms with E-state index in [2.05, 4.69) is 10.3 Å². The van der Waals surface area contributed by atoms with Crippen LogP contribution in [0.25, 0.3) is 0 Å². The van der Waals surface area contributed by atoms with Gasteiger partial charge in [-0.3, -0.25) is 4.79 Å². The van der Waals surface area contributed by atoms with Gasteiger partial charge in [-0.2, -0.15) is 8.78 Å². The first kappa shape index (κ1) is 23.2. The van der Waals surface area contributed by atoms with Crippen LogP contribution in [0.5, 0.6) is 0 Å². The largest absolute Gasteiger partial charge is 0.341 e. The maximum Gasteiger partial charge on any atom is 0.341 e. The van der Waals surface area contributed by atoms with E-state index in [-0.39, 0.29) is 16.3 Å². The summed E-state index contributed by atoms with van der Waals surface area (Å²) in [5, 5.41) is 2.93. The molecule has 0 saturated carbocycles. The Morgan fingerprint density at radius 2 is 1.66 bits per heavy atom. The molecular weight excluding hydrogens is 448 g/mol. The normalized spacial score (nSPS) is 12.3. The summed E-state index contributed by atoms with van der Waals surface area (Å²) in [5.41, 5.74) is 0.240. The minimum atomic E-state index is -4.69. The second-order valence-corrected chi connectivity index (χ2v) is 10.9. The Balaban J connectivity index is 1.95. The SMILES string of the molecule is CN(C)S(=O)(=O)c1ccc(SCC(=O)Nc2ccc(S(=O)(=O)C(F)F)cc2)nc1. The fraction of sp³-hybridized carbons (Fsp3) is 0.250. The third-order valence-corrected chi connectivity index (χ3v) is 7.68. The molecule has 0 saturated heterocycles. The summed E-state index contributed by atoms with van der Waals surface area (Å²) < 4.78 is 72.7. The van der Waals surface area contributed by atoms with Crippen LogP contribution >= 0.6 is 11.8 Å². The standard InChI is InChI=1S/C16H17F2N3O5S3/c1-21(2)29(25,26)13-7-8-15(19-9-13)27-10-14(22)20-11-3-5-12(6-4-11)28(23,24)16(17)18/h3-9,16H,10H2,1-2H3,(H,20,22). The van der Waals surface area contributed by atoms with E-state index in [1.807, 2.05) is 0 Å². The molecule has 0 fully saturated rings. The van der Waals surface area contributed by atoms with Crippen molar-refractivity contribution in [1.29, 1.82) is 0 Å². The Hall–Kier alpha value is -2.09. The number of halogens is 2. The molecule has 0 spiro atoms. The number of alkyl halides is 2. The average Bonchev–Trinajstić information content (AvgIpc) is 2.67. The molecule has 1 amide bonds. The number of nitrogens with zero attached hydrogens (tertiary/aromatic N) is 2. The van der Waals surface area contributed by atoms with Crippen LogP contribution in [0.4, 0.5) is 14.5 Å². The van der Waals surface area contributed by atoms with Crippen molar-refractivity contribution in [3.63, 3.8) is 0 Å². The number of thioether (sulfide) groups is 1. The lowest BCUT2D eigenvalue weighted by atomic mass is 10.3. The van der Waals surface area contributed by atoms with Gasteiger partial charge in [0.05, 0.1) is 15.7 Å². The molecule has 2 aromatic rings. The van der Waals surface area contributed by atoms with Gasteiger partial charge < -0.3 is 5.32 Å². The molecule has 0 radical (unpaired) electrons. The number of pyridine rings is 1. The zero-order valence-electron chi connectivity index (χ0n) is 15.2. The Bertz CT molecular complexity index is 1070. The molecule has 1 heterocycles. The lowest BCUT2D eigenvalue weighted by Crippen LogP contribution is -2.22. The summed E-state index contributed by atoms with van der Waals surface area (Å²) in [6.45, 7) is 0. The number of anilines is 1. The number of sulfone groups is 1. The molecule has 0 aliphatic carbocycles. The number of benzene rings is 1. The second kappa shape index (κ2) is 9.15. The van der Waals surface area contributed by atoms with Gasteiger partial charge in [0, 0.05) is 26.0 Å². The highest BCUT2D eigenvalue weighted by molar-refractivity contribution is 7.99. The highest BCUT2D eigenvalue weighted by Crippen LogP contribution is 2.21. The van der Waals surface area contributed by atoms with Crippen LogP contribution in [0.3, 0.4) is 0 Å². The van der Waals surface area contributed by atoms with E-state index < -0.39 is 36.4 Å². The molecule has 0 atom stereocenters. The van der Waals surface area contributed by atoms with Crippen molar-refractivity contribution in [2.75, 3.05) is 25.2 Å². The topological polar surface area (TPSA) is 114 Å². The zero-order chi connectivity index (χ0) is 21.8. The van der Waals surface area contributed by atoms with Crippen LogP contribution in [0.1, 0.15) is 0 Å². The highest BCUT2D eigenvalue weighted by Gasteiger charge is 2.26. The number of hydrogen-bond donors (Lipinski definition) is 1. The van der Waals surface area contributed by atoms with Crippen molar-refractivity contribution in [2.45, 2.75) is 20.6 Å². The van der Waals surface area contributed by atoms with Gasteiger partial charge >= 0.3 is 5.76 Å². The summed E-state index contributed by atoms with van der Waals surface area (Å²) in [5.74, 6) is -4.01. The van der Waals surface area contributed by atoms with Gasteiger partial charge in [-0.1, -0.05) is 11.8 Å². The van der Waals surface area contributed by atoms with E-state index in [9.17, 15) is 30.4 Å². The van der Waals surface area contributed by atoms with Crippen LogP contribution in [0.2, 0.25) is 0 Å². The number of amides is 1. The molecule has 13 heteroatoms. The predicted octanol–water partition coefficient (Wildman–Crippen LogP) is 2.06. The number of carbonyl (C=O) groups is 1. The zero-order valence-corrected chi connectivity index (χ0v) is 17.7. The van der Waals surface area contributed by atoms with E-state index in [0.29, 0.717) is 5.03 Å². The van der Waals surface area contributed by atoms with E-state index in [4.69, 9.17) is 0 Å². The first-order valence-corrected chi connectivity index (χ1v) is 11.8. The Labute approximate surface area is 171 Å². The quantitative estimate of drug-likeness (QED) is 0.594. The van der Waals surface area contributed by atoms with E-state index >= 15 is 0 Å². The van der Waals surface area contributed by atoms with Crippen molar-refractivity contribution in [2.24, 2.45) is 0 Å². The Morgan fingerprint density at radius 1 is 1.07 bits per heavy atom. The number of rotatable bonds is 8. The highest BCUT2D eigenvalue weighted by atomic mass is 32.2. The predicted molar refractivity (Wildman–Crippen MR) is 104 cm³/mol. The second-order valence-electron chi connectivity index (χ2n) is 5.79. The van der Waals surface area contributed by atoms with E-state index in [1.54, 1.807) is 0 Å². The third-order valence-electron chi connectivity index (χ3n) is 3.54. The average molecular weight is 466 g/mol. The summed E-state index contributed by atoms with van der Waals surface area (Å²) >= 11 is 1.06. The molecule has 8 nitrogen and oxygen atoms in total. The molecule has 1 N–H and O–H groups in total. The summed E-state index contributed by atoms with van der Waals surface area (Å²) in [4.78, 5) is 15.5. The first-order chi connectivity index (χ1) is 13.4. The van der Waals surface area contributed by atoms with Crippen LogP contribution < -0.4 is 5.32 Å². The molecule has 2 rings (SSSR count). The minimum Gasteiger partial charge on any atom is -0.325 e. The maximum atomic E-state index is 12.5. The van der Waals surface area contributed by atoms with Gasteiger partial charge in [0.1, 0.15) is 4.90 Å². The van der Waals surface area contributed by atoms with Gasteiger partial charge in [0.15, 0.2) is 0 Å². The van der Waals surface area contributed by atoms with Crippen LogP contribution in [0, 0.1) is 0 Å². The number of hydrogen-bond acceptors (Lipinski definition) is 7. The van der Waals surface area contributed by atoms with Crippen molar-refractivity contribution in [3.8, 4) is 0 Å². The van der Waals surface area contributed by atoms with Crippen LogP contribution in [-0.2, 0) is 24.7 Å². The van der Waals surface area contributed by atoms with Gasteiger partial charge in [0.2, 0.25) is 25.8 Å². The van der Waals surface area contributed by atoms with E-state index in [0.717, 1.165) is 28.2 Å². The molecule has 1 aromatic heterocycles. The smallest absolute Gasteiger partial charge is 0.325 e. The Kier molecular flexibility index (Phi) is 7.32. The van der Waals surface area contributed by atoms with Gasteiger partial charge in [-0.15, -0.1) is 0 Å². The van der Waals surface area contributed by atoms with Crippen molar-refractivity contribution in [3.05, 3.63) is 42.6 Å². The maximum absolute atomic E-state index is 12.5. The molecule has 0 aliphatic heterocycles. The lowest BCUT2D eigenvalue weighted by molar-refractivity contribution is -0.113. The van der Waals surface area contributed by atoms with Gasteiger partial charge in [-0.05, 0) is 36.4 Å². The fourth-order valence-electron chi connectivity index (χ4n) is 1.98. The molecular formula is C16H17F2N3O5S3. The molecule has 1 aromatic carbocycles. The first-order valence-electron chi connectivity index (χ1n) is 7.88. The van der Waals surface area contributed by atoms with Gasteiger partial charge in [0.25, 0.3) is 0 Å². The number of sulfonamides is 1. The molecule has 0 bridgehead atoms. The molecule has 29 heavy (non-hydrogen) atoms. The number of nitrogens with one attached hydrogen (secondary N) is 1. The van der Waals surface area contributed by atoms with Gasteiger partial charge in [-0.25, -0.2) is 26.1 Å². The van der Waals surface area contributed by atoms with Crippen molar-refractivity contribution >= 4 is 43.2 Å². The lowest BCUT2D eigenvalue weighted by Gasteiger charge is -2.11. The monoisotopic (exact) mass is 465 g/mol. The molecule has 158 valence electrons. The van der Waals surface area contributed by atoms with Crippen LogP contribution in [0.15, 0.2) is 57.4 Å². The fourth-order valence-corrected chi connectivity index (χ4v) is 4.19. The number of aromatic nitrogens is 1. The van der Waals surface area contributed by atoms with E-state index in [1.165, 1.54) is 44.6 Å². The summed E-state index contributed by atoms with van der Waals surface area (Å²) in [6.07, 6.45) is 1.19. The summed E-state index contributed by atoms with van der Waals surface area (Å²) in [6, 6.07) is 7.22. The van der Waals surface area contributed by atoms with Crippen LogP contribution in [-0.4, -0.2) is 57.6 Å².